The van der Waals surface area contributed by atoms with Crippen molar-refractivity contribution in [2.75, 3.05) is 5.32 Å². The minimum absolute atomic E-state index is 0.00403. The number of nitrogens with zero attached hydrogens (tertiary/aromatic N) is 1. The van der Waals surface area contributed by atoms with Crippen LogP contribution < -0.4 is 5.32 Å². The number of carboxylic acids is 1. The number of aromatic nitrogens is 1. The van der Waals surface area contributed by atoms with Gasteiger partial charge in [-0.05, 0) is 12.1 Å². The fourth-order valence-corrected chi connectivity index (χ4v) is 2.19. The van der Waals surface area contributed by atoms with E-state index in [0.29, 0.717) is 20.9 Å². The lowest BCUT2D eigenvalue weighted by atomic mass is 10.3. The summed E-state index contributed by atoms with van der Waals surface area (Å²) < 4.78 is 0. The van der Waals surface area contributed by atoms with Crippen molar-refractivity contribution in [3.8, 4) is 0 Å². The van der Waals surface area contributed by atoms with Crippen molar-refractivity contribution in [1.82, 2.24) is 4.98 Å². The van der Waals surface area contributed by atoms with Gasteiger partial charge in [-0.15, -0.1) is 11.3 Å². The van der Waals surface area contributed by atoms with Crippen LogP contribution in [0.15, 0.2) is 23.6 Å². The summed E-state index contributed by atoms with van der Waals surface area (Å²) in [4.78, 5) is 14.5. The number of hydrogen-bond acceptors (Lipinski definition) is 4. The average Bonchev–Trinajstić information content (AvgIpc) is 2.73. The number of carbonyl (C=O) groups is 1. The first-order chi connectivity index (χ1) is 8.08. The molecule has 0 spiro atoms. The Balaban J connectivity index is 2.25. The van der Waals surface area contributed by atoms with Crippen LogP contribution in [0.5, 0.6) is 0 Å². The third kappa shape index (κ3) is 2.69. The van der Waals surface area contributed by atoms with E-state index in [1.165, 1.54) is 16.7 Å². The second-order valence-electron chi connectivity index (χ2n) is 3.07. The maximum absolute atomic E-state index is 10.7. The van der Waals surface area contributed by atoms with E-state index in [1.54, 1.807) is 18.2 Å². The first-order valence-electron chi connectivity index (χ1n) is 4.48. The molecule has 0 unspecified atom stereocenters. The Labute approximate surface area is 111 Å². The number of benzene rings is 1. The van der Waals surface area contributed by atoms with Crippen molar-refractivity contribution >= 4 is 51.3 Å². The Morgan fingerprint density at radius 2 is 2.18 bits per heavy atom. The molecule has 0 atom stereocenters. The minimum Gasteiger partial charge on any atom is -0.476 e. The molecule has 0 aliphatic heterocycles. The van der Waals surface area contributed by atoms with Crippen LogP contribution in [0, 0.1) is 0 Å². The number of rotatable bonds is 3. The van der Waals surface area contributed by atoms with Gasteiger partial charge in [0.2, 0.25) is 0 Å². The van der Waals surface area contributed by atoms with Gasteiger partial charge in [-0.1, -0.05) is 29.3 Å². The Morgan fingerprint density at radius 1 is 1.41 bits per heavy atom. The lowest BCUT2D eigenvalue weighted by Crippen LogP contribution is -1.97. The van der Waals surface area contributed by atoms with Crippen molar-refractivity contribution in [2.24, 2.45) is 0 Å². The van der Waals surface area contributed by atoms with Crippen LogP contribution in [0.2, 0.25) is 10.0 Å². The zero-order valence-electron chi connectivity index (χ0n) is 8.28. The molecule has 0 amide bonds. The van der Waals surface area contributed by atoms with Crippen LogP contribution in [-0.4, -0.2) is 16.1 Å². The molecule has 2 rings (SSSR count). The smallest absolute Gasteiger partial charge is 0.355 e. The van der Waals surface area contributed by atoms with Crippen LogP contribution in [0.1, 0.15) is 10.5 Å². The molecular weight excluding hydrogens is 283 g/mol. The highest BCUT2D eigenvalue weighted by Gasteiger charge is 2.10. The van der Waals surface area contributed by atoms with Crippen LogP contribution in [0.4, 0.5) is 10.8 Å². The highest BCUT2D eigenvalue weighted by atomic mass is 35.5. The van der Waals surface area contributed by atoms with Gasteiger partial charge in [0, 0.05) is 5.38 Å². The third-order valence-corrected chi connectivity index (χ3v) is 3.49. The van der Waals surface area contributed by atoms with Gasteiger partial charge in [-0.25, -0.2) is 9.78 Å². The molecule has 0 bridgehead atoms. The van der Waals surface area contributed by atoms with E-state index >= 15 is 0 Å². The molecule has 88 valence electrons. The molecule has 0 radical (unpaired) electrons. The predicted molar refractivity (Wildman–Crippen MR) is 68.8 cm³/mol. The molecule has 4 nitrogen and oxygen atoms in total. The third-order valence-electron chi connectivity index (χ3n) is 1.92. The summed E-state index contributed by atoms with van der Waals surface area (Å²) in [6.45, 7) is 0. The number of thiazole rings is 1. The highest BCUT2D eigenvalue weighted by molar-refractivity contribution is 7.14. The van der Waals surface area contributed by atoms with Crippen molar-refractivity contribution in [3.05, 3.63) is 39.3 Å². The van der Waals surface area contributed by atoms with Gasteiger partial charge in [0.1, 0.15) is 0 Å². The van der Waals surface area contributed by atoms with Gasteiger partial charge in [-0.3, -0.25) is 0 Å². The summed E-state index contributed by atoms with van der Waals surface area (Å²) in [5.74, 6) is -1.06. The molecule has 0 fully saturated rings. The molecule has 0 saturated heterocycles. The normalized spacial score (nSPS) is 10.2. The number of nitrogens with one attached hydrogen (secondary N) is 1. The zero-order valence-corrected chi connectivity index (χ0v) is 10.6. The van der Waals surface area contributed by atoms with Crippen molar-refractivity contribution in [2.45, 2.75) is 0 Å². The van der Waals surface area contributed by atoms with Crippen molar-refractivity contribution in [1.29, 1.82) is 0 Å². The van der Waals surface area contributed by atoms with E-state index in [-0.39, 0.29) is 5.69 Å². The lowest BCUT2D eigenvalue weighted by Gasteiger charge is -2.05. The van der Waals surface area contributed by atoms with E-state index in [2.05, 4.69) is 10.3 Å². The number of halogens is 2. The lowest BCUT2D eigenvalue weighted by molar-refractivity contribution is 0.0691. The van der Waals surface area contributed by atoms with Gasteiger partial charge < -0.3 is 10.4 Å². The number of carboxylic acid groups (broad SMARTS) is 1. The van der Waals surface area contributed by atoms with Crippen molar-refractivity contribution < 1.29 is 9.90 Å². The van der Waals surface area contributed by atoms with E-state index < -0.39 is 5.97 Å². The standard InChI is InChI=1S/C10H6Cl2N2O2S/c11-5-2-1-3-6(8(5)12)13-10-14-7(4-17-10)9(15)16/h1-4H,(H,13,14)(H,15,16). The summed E-state index contributed by atoms with van der Waals surface area (Å²) in [5.41, 5.74) is 0.584. The van der Waals surface area contributed by atoms with Crippen LogP contribution in [-0.2, 0) is 0 Å². The Kier molecular flexibility index (Phi) is 3.51. The molecule has 0 aliphatic rings. The van der Waals surface area contributed by atoms with E-state index in [1.807, 2.05) is 0 Å². The molecule has 1 aromatic heterocycles. The molecule has 0 saturated carbocycles. The van der Waals surface area contributed by atoms with E-state index in [4.69, 9.17) is 28.3 Å². The SMILES string of the molecule is O=C(O)c1csc(Nc2cccc(Cl)c2Cl)n1. The van der Waals surface area contributed by atoms with Crippen LogP contribution in [0.3, 0.4) is 0 Å². The summed E-state index contributed by atoms with van der Waals surface area (Å²) >= 11 is 13.0. The summed E-state index contributed by atoms with van der Waals surface area (Å²) in [6, 6.07) is 5.14. The van der Waals surface area contributed by atoms with Crippen LogP contribution >= 0.6 is 34.5 Å². The predicted octanol–water partition coefficient (Wildman–Crippen LogP) is 3.89. The average molecular weight is 289 g/mol. The first kappa shape index (κ1) is 12.2. The maximum atomic E-state index is 10.7. The monoisotopic (exact) mass is 288 g/mol. The van der Waals surface area contributed by atoms with E-state index in [9.17, 15) is 4.79 Å². The first-order valence-corrected chi connectivity index (χ1v) is 6.11. The minimum atomic E-state index is -1.06. The molecule has 1 aromatic carbocycles. The second-order valence-corrected chi connectivity index (χ2v) is 4.71. The second kappa shape index (κ2) is 4.91. The topological polar surface area (TPSA) is 62.2 Å². The highest BCUT2D eigenvalue weighted by Crippen LogP contribution is 2.32. The Morgan fingerprint density at radius 3 is 2.82 bits per heavy atom. The Bertz CT molecular complexity index is 571. The molecule has 2 aromatic rings. The van der Waals surface area contributed by atoms with Gasteiger partial charge in [0.25, 0.3) is 0 Å². The molecule has 17 heavy (non-hydrogen) atoms. The molecule has 0 aliphatic carbocycles. The fourth-order valence-electron chi connectivity index (χ4n) is 1.14. The number of anilines is 2. The Hall–Kier alpha value is -1.30. The fraction of sp³-hybridized carbons (Fsp3) is 0. The number of aromatic carboxylic acids is 1. The molecule has 2 N–H and O–H groups in total. The maximum Gasteiger partial charge on any atom is 0.355 e. The summed E-state index contributed by atoms with van der Waals surface area (Å²) in [6.07, 6.45) is 0. The van der Waals surface area contributed by atoms with Gasteiger partial charge in [0.15, 0.2) is 10.8 Å². The molecule has 1 heterocycles. The van der Waals surface area contributed by atoms with Crippen molar-refractivity contribution in [3.63, 3.8) is 0 Å². The largest absolute Gasteiger partial charge is 0.476 e. The van der Waals surface area contributed by atoms with Gasteiger partial charge >= 0.3 is 5.97 Å². The van der Waals surface area contributed by atoms with Gasteiger partial charge in [-0.2, -0.15) is 0 Å². The molecule has 7 heteroatoms. The quantitative estimate of drug-likeness (QED) is 0.899. The number of hydrogen-bond donors (Lipinski definition) is 2. The zero-order chi connectivity index (χ0) is 12.4. The van der Waals surface area contributed by atoms with Gasteiger partial charge in [0.05, 0.1) is 15.7 Å². The van der Waals surface area contributed by atoms with Crippen LogP contribution in [0.25, 0.3) is 0 Å². The molecular formula is C10H6Cl2N2O2S. The van der Waals surface area contributed by atoms with E-state index in [0.717, 1.165) is 0 Å². The summed E-state index contributed by atoms with van der Waals surface area (Å²) in [5, 5.41) is 14.3. The summed E-state index contributed by atoms with van der Waals surface area (Å²) in [7, 11) is 0.